The molecule has 2 aromatic carbocycles. The second kappa shape index (κ2) is 5.29. The predicted octanol–water partition coefficient (Wildman–Crippen LogP) is 2.80. The van der Waals surface area contributed by atoms with Gasteiger partial charge in [-0.25, -0.2) is 0 Å². The zero-order chi connectivity index (χ0) is 12.1. The molecule has 17 heavy (non-hydrogen) atoms. The minimum absolute atomic E-state index is 0.546. The SMILES string of the molecule is N#CC(N)c1ccccc1Cc1ccccc1. The molecule has 0 heterocycles. The van der Waals surface area contributed by atoms with Gasteiger partial charge in [-0.15, -0.1) is 0 Å². The lowest BCUT2D eigenvalue weighted by atomic mass is 9.96. The monoisotopic (exact) mass is 222 g/mol. The van der Waals surface area contributed by atoms with E-state index in [-0.39, 0.29) is 0 Å². The van der Waals surface area contributed by atoms with Gasteiger partial charge in [0.05, 0.1) is 6.07 Å². The molecule has 0 aliphatic heterocycles. The fourth-order valence-electron chi connectivity index (χ4n) is 1.88. The topological polar surface area (TPSA) is 49.8 Å². The van der Waals surface area contributed by atoms with E-state index >= 15 is 0 Å². The Morgan fingerprint density at radius 3 is 2.35 bits per heavy atom. The van der Waals surface area contributed by atoms with Crippen LogP contribution in [0.25, 0.3) is 0 Å². The van der Waals surface area contributed by atoms with Crippen molar-refractivity contribution in [2.75, 3.05) is 0 Å². The zero-order valence-electron chi connectivity index (χ0n) is 9.51. The molecule has 0 aliphatic rings. The van der Waals surface area contributed by atoms with E-state index < -0.39 is 6.04 Å². The minimum Gasteiger partial charge on any atom is -0.312 e. The molecule has 2 N–H and O–H groups in total. The number of nitrogens with two attached hydrogens (primary N) is 1. The fraction of sp³-hybridized carbons (Fsp3) is 0.133. The van der Waals surface area contributed by atoms with E-state index in [2.05, 4.69) is 18.2 Å². The van der Waals surface area contributed by atoms with Crippen LogP contribution < -0.4 is 5.73 Å². The molecule has 0 aromatic heterocycles. The van der Waals surface area contributed by atoms with Gasteiger partial charge in [-0.3, -0.25) is 0 Å². The molecule has 84 valence electrons. The van der Waals surface area contributed by atoms with Crippen molar-refractivity contribution in [1.82, 2.24) is 0 Å². The third kappa shape index (κ3) is 2.72. The van der Waals surface area contributed by atoms with Crippen LogP contribution in [0, 0.1) is 11.3 Å². The molecule has 0 saturated heterocycles. The normalized spacial score (nSPS) is 11.8. The van der Waals surface area contributed by atoms with E-state index in [0.717, 1.165) is 17.5 Å². The molecule has 0 aliphatic carbocycles. The lowest BCUT2D eigenvalue weighted by Crippen LogP contribution is -2.10. The van der Waals surface area contributed by atoms with Crippen molar-refractivity contribution in [1.29, 1.82) is 5.26 Å². The maximum absolute atomic E-state index is 8.90. The summed E-state index contributed by atoms with van der Waals surface area (Å²) in [5.41, 5.74) is 9.05. The van der Waals surface area contributed by atoms with Crippen molar-refractivity contribution in [2.24, 2.45) is 5.73 Å². The smallest absolute Gasteiger partial charge is 0.119 e. The Balaban J connectivity index is 2.31. The third-order valence-corrected chi connectivity index (χ3v) is 2.77. The highest BCUT2D eigenvalue weighted by Gasteiger charge is 2.09. The summed E-state index contributed by atoms with van der Waals surface area (Å²) in [4.78, 5) is 0. The van der Waals surface area contributed by atoms with Crippen LogP contribution in [0.2, 0.25) is 0 Å². The summed E-state index contributed by atoms with van der Waals surface area (Å²) in [6.45, 7) is 0. The van der Waals surface area contributed by atoms with E-state index in [0.29, 0.717) is 0 Å². The number of hydrogen-bond acceptors (Lipinski definition) is 2. The molecule has 2 nitrogen and oxygen atoms in total. The number of hydrogen-bond donors (Lipinski definition) is 1. The zero-order valence-corrected chi connectivity index (χ0v) is 9.51. The summed E-state index contributed by atoms with van der Waals surface area (Å²) >= 11 is 0. The standard InChI is InChI=1S/C15H14N2/c16-11-15(17)14-9-5-4-8-13(14)10-12-6-2-1-3-7-12/h1-9,15H,10,17H2. The molecule has 0 saturated carbocycles. The Hall–Kier alpha value is -2.11. The molecule has 2 aromatic rings. The highest BCUT2D eigenvalue weighted by atomic mass is 14.6. The van der Waals surface area contributed by atoms with Crippen LogP contribution in [0.1, 0.15) is 22.7 Å². The van der Waals surface area contributed by atoms with E-state index in [1.807, 2.05) is 42.5 Å². The Bertz CT molecular complexity index is 526. The van der Waals surface area contributed by atoms with Gasteiger partial charge < -0.3 is 5.73 Å². The molecule has 2 rings (SSSR count). The first-order chi connectivity index (χ1) is 8.31. The third-order valence-electron chi connectivity index (χ3n) is 2.77. The van der Waals surface area contributed by atoms with E-state index in [1.54, 1.807) is 0 Å². The maximum atomic E-state index is 8.90. The van der Waals surface area contributed by atoms with Crippen molar-refractivity contribution in [3.05, 3.63) is 71.3 Å². The fourth-order valence-corrected chi connectivity index (χ4v) is 1.88. The first-order valence-corrected chi connectivity index (χ1v) is 5.58. The Morgan fingerprint density at radius 2 is 1.65 bits per heavy atom. The van der Waals surface area contributed by atoms with Gasteiger partial charge >= 0.3 is 0 Å². The number of nitriles is 1. The lowest BCUT2D eigenvalue weighted by Gasteiger charge is -2.10. The number of benzene rings is 2. The van der Waals surface area contributed by atoms with Gasteiger partial charge in [0.2, 0.25) is 0 Å². The molecule has 0 amide bonds. The van der Waals surface area contributed by atoms with Gasteiger partial charge in [0.25, 0.3) is 0 Å². The summed E-state index contributed by atoms with van der Waals surface area (Å²) < 4.78 is 0. The van der Waals surface area contributed by atoms with Crippen molar-refractivity contribution in [3.63, 3.8) is 0 Å². The quantitative estimate of drug-likeness (QED) is 0.868. The lowest BCUT2D eigenvalue weighted by molar-refractivity contribution is 0.902. The molecule has 0 bridgehead atoms. The van der Waals surface area contributed by atoms with Crippen LogP contribution in [0.4, 0.5) is 0 Å². The van der Waals surface area contributed by atoms with Gasteiger partial charge in [-0.1, -0.05) is 54.6 Å². The largest absolute Gasteiger partial charge is 0.312 e. The van der Waals surface area contributed by atoms with Gasteiger partial charge in [0, 0.05) is 0 Å². The molecule has 2 heteroatoms. The van der Waals surface area contributed by atoms with Gasteiger partial charge in [-0.05, 0) is 23.1 Å². The Kier molecular flexibility index (Phi) is 3.54. The molecule has 1 atom stereocenters. The molecular weight excluding hydrogens is 208 g/mol. The highest BCUT2D eigenvalue weighted by Crippen LogP contribution is 2.18. The van der Waals surface area contributed by atoms with Crippen molar-refractivity contribution in [2.45, 2.75) is 12.5 Å². The van der Waals surface area contributed by atoms with Crippen LogP contribution in [0.3, 0.4) is 0 Å². The van der Waals surface area contributed by atoms with Crippen molar-refractivity contribution < 1.29 is 0 Å². The molecule has 1 unspecified atom stereocenters. The predicted molar refractivity (Wildman–Crippen MR) is 68.2 cm³/mol. The summed E-state index contributed by atoms with van der Waals surface area (Å²) in [6, 6.07) is 19.6. The van der Waals surface area contributed by atoms with Gasteiger partial charge in [0.15, 0.2) is 0 Å². The molecule has 0 fully saturated rings. The van der Waals surface area contributed by atoms with E-state index in [9.17, 15) is 0 Å². The van der Waals surface area contributed by atoms with Crippen LogP contribution >= 0.6 is 0 Å². The van der Waals surface area contributed by atoms with E-state index in [4.69, 9.17) is 11.0 Å². The van der Waals surface area contributed by atoms with Crippen LogP contribution in [0.5, 0.6) is 0 Å². The second-order valence-corrected chi connectivity index (χ2v) is 3.97. The Labute approximate surface area is 101 Å². The summed E-state index contributed by atoms with van der Waals surface area (Å²) in [5.74, 6) is 0. The van der Waals surface area contributed by atoms with Crippen molar-refractivity contribution in [3.8, 4) is 6.07 Å². The molecular formula is C15H14N2. The first-order valence-electron chi connectivity index (χ1n) is 5.58. The van der Waals surface area contributed by atoms with Crippen molar-refractivity contribution >= 4 is 0 Å². The summed E-state index contributed by atoms with van der Waals surface area (Å²) in [5, 5.41) is 8.90. The molecule has 0 radical (unpaired) electrons. The van der Waals surface area contributed by atoms with E-state index in [1.165, 1.54) is 5.56 Å². The average molecular weight is 222 g/mol. The minimum atomic E-state index is -0.546. The second-order valence-electron chi connectivity index (χ2n) is 3.97. The number of rotatable bonds is 3. The van der Waals surface area contributed by atoms with Crippen LogP contribution in [0.15, 0.2) is 54.6 Å². The summed E-state index contributed by atoms with van der Waals surface area (Å²) in [7, 11) is 0. The highest BCUT2D eigenvalue weighted by molar-refractivity contribution is 5.36. The Morgan fingerprint density at radius 1 is 1.00 bits per heavy atom. The summed E-state index contributed by atoms with van der Waals surface area (Å²) in [6.07, 6.45) is 0.812. The van der Waals surface area contributed by atoms with Crippen LogP contribution in [-0.2, 0) is 6.42 Å². The number of nitrogens with zero attached hydrogens (tertiary/aromatic N) is 1. The maximum Gasteiger partial charge on any atom is 0.119 e. The van der Waals surface area contributed by atoms with Crippen LogP contribution in [-0.4, -0.2) is 0 Å². The molecule has 0 spiro atoms. The van der Waals surface area contributed by atoms with Gasteiger partial charge in [0.1, 0.15) is 6.04 Å². The average Bonchev–Trinajstić information content (AvgIpc) is 2.40. The first kappa shape index (κ1) is 11.4. The van der Waals surface area contributed by atoms with Gasteiger partial charge in [-0.2, -0.15) is 5.26 Å².